The minimum absolute atomic E-state index is 0.0443. The summed E-state index contributed by atoms with van der Waals surface area (Å²) in [6, 6.07) is 0.234. The fourth-order valence-corrected chi connectivity index (χ4v) is 1.09. The monoisotopic (exact) mass is 229 g/mol. The summed E-state index contributed by atoms with van der Waals surface area (Å²) in [5.74, 6) is 5.76. The van der Waals surface area contributed by atoms with Crippen LogP contribution in [0.3, 0.4) is 0 Å². The lowest BCUT2D eigenvalue weighted by atomic mass is 9.93. The summed E-state index contributed by atoms with van der Waals surface area (Å²) in [6.07, 6.45) is 0. The number of nitrogens with one attached hydrogen (secondary N) is 3. The van der Waals surface area contributed by atoms with Crippen LogP contribution in [0.2, 0.25) is 0 Å². The van der Waals surface area contributed by atoms with Gasteiger partial charge in [0.05, 0.1) is 12.0 Å². The summed E-state index contributed by atoms with van der Waals surface area (Å²) >= 11 is 0. The van der Waals surface area contributed by atoms with E-state index in [0.29, 0.717) is 12.5 Å². The number of hydrazine groups is 1. The fraction of sp³-hybridized carbons (Fsp3) is 0.800. The molecule has 0 aliphatic heterocycles. The molecule has 6 heteroatoms. The Balaban J connectivity index is 4.47. The van der Waals surface area contributed by atoms with Crippen molar-refractivity contribution in [2.75, 3.05) is 13.6 Å². The first kappa shape index (κ1) is 14.7. The van der Waals surface area contributed by atoms with Crippen LogP contribution in [0.4, 0.5) is 0 Å². The Morgan fingerprint density at radius 3 is 2.38 bits per heavy atom. The van der Waals surface area contributed by atoms with Gasteiger partial charge in [0.2, 0.25) is 11.9 Å². The molecule has 0 aromatic rings. The van der Waals surface area contributed by atoms with Crippen LogP contribution in [0.25, 0.3) is 0 Å². The summed E-state index contributed by atoms with van der Waals surface area (Å²) in [4.78, 5) is 15.7. The Hall–Kier alpha value is -1.30. The first-order valence-electron chi connectivity index (χ1n) is 5.33. The van der Waals surface area contributed by atoms with Crippen LogP contribution in [-0.4, -0.2) is 31.5 Å². The van der Waals surface area contributed by atoms with E-state index in [4.69, 9.17) is 5.84 Å². The molecule has 0 fully saturated rings. The minimum Gasteiger partial charge on any atom is -0.359 e. The zero-order valence-corrected chi connectivity index (χ0v) is 10.7. The van der Waals surface area contributed by atoms with Gasteiger partial charge in [0.1, 0.15) is 0 Å². The number of rotatable bonds is 4. The molecule has 0 unspecified atom stereocenters. The highest BCUT2D eigenvalue weighted by atomic mass is 16.2. The summed E-state index contributed by atoms with van der Waals surface area (Å²) in [6.45, 7) is 8.00. The van der Waals surface area contributed by atoms with Crippen LogP contribution in [-0.2, 0) is 4.79 Å². The predicted molar refractivity (Wildman–Crippen MR) is 65.7 cm³/mol. The van der Waals surface area contributed by atoms with Crippen LogP contribution in [0.5, 0.6) is 0 Å². The Labute approximate surface area is 97.0 Å². The zero-order chi connectivity index (χ0) is 12.8. The number of amides is 1. The highest BCUT2D eigenvalue weighted by Gasteiger charge is 2.26. The topological polar surface area (TPSA) is 91.5 Å². The second kappa shape index (κ2) is 6.32. The third-order valence-electron chi connectivity index (χ3n) is 2.04. The number of hydrogen-bond donors (Lipinski definition) is 4. The van der Waals surface area contributed by atoms with E-state index in [0.717, 1.165) is 0 Å². The van der Waals surface area contributed by atoms with Crippen molar-refractivity contribution >= 4 is 11.9 Å². The van der Waals surface area contributed by atoms with Gasteiger partial charge in [-0.2, -0.15) is 0 Å². The molecule has 0 atom stereocenters. The number of nitrogens with two attached hydrogens (primary N) is 1. The highest BCUT2D eigenvalue weighted by Crippen LogP contribution is 2.14. The Morgan fingerprint density at radius 2 is 2.00 bits per heavy atom. The third kappa shape index (κ3) is 4.97. The van der Waals surface area contributed by atoms with Gasteiger partial charge in [-0.05, 0) is 27.7 Å². The second-order valence-electron chi connectivity index (χ2n) is 4.57. The highest BCUT2D eigenvalue weighted by molar-refractivity contribution is 5.83. The number of hydrogen-bond acceptors (Lipinski definition) is 3. The van der Waals surface area contributed by atoms with Crippen molar-refractivity contribution in [2.45, 2.75) is 33.7 Å². The number of aliphatic imine (C=N–C) groups is 1. The van der Waals surface area contributed by atoms with Gasteiger partial charge in [0.15, 0.2) is 0 Å². The molecular formula is C10H23N5O. The van der Waals surface area contributed by atoms with Crippen LogP contribution in [0, 0.1) is 5.41 Å². The number of guanidine groups is 1. The van der Waals surface area contributed by atoms with Gasteiger partial charge in [-0.1, -0.05) is 0 Å². The lowest BCUT2D eigenvalue weighted by molar-refractivity contribution is -0.128. The summed E-state index contributed by atoms with van der Waals surface area (Å²) in [7, 11) is 1.61. The van der Waals surface area contributed by atoms with Crippen molar-refractivity contribution in [1.29, 1.82) is 0 Å². The third-order valence-corrected chi connectivity index (χ3v) is 2.04. The normalized spacial score (nSPS) is 12.6. The molecule has 0 spiro atoms. The Morgan fingerprint density at radius 1 is 1.44 bits per heavy atom. The quantitative estimate of drug-likeness (QED) is 0.228. The number of nitrogens with zero attached hydrogens (tertiary/aromatic N) is 1. The summed E-state index contributed by atoms with van der Waals surface area (Å²) < 4.78 is 0. The molecule has 6 nitrogen and oxygen atoms in total. The van der Waals surface area contributed by atoms with Crippen molar-refractivity contribution in [3.8, 4) is 0 Å². The Kier molecular flexibility index (Phi) is 5.81. The Bertz CT molecular complexity index is 260. The molecule has 0 heterocycles. The lowest BCUT2D eigenvalue weighted by Crippen LogP contribution is -2.45. The maximum absolute atomic E-state index is 11.5. The summed E-state index contributed by atoms with van der Waals surface area (Å²) in [5.41, 5.74) is 1.92. The molecule has 0 aromatic carbocycles. The molecule has 0 radical (unpaired) electrons. The van der Waals surface area contributed by atoms with Gasteiger partial charge >= 0.3 is 0 Å². The van der Waals surface area contributed by atoms with Crippen molar-refractivity contribution in [3.63, 3.8) is 0 Å². The molecule has 0 saturated carbocycles. The molecule has 1 amide bonds. The van der Waals surface area contributed by atoms with Gasteiger partial charge in [0, 0.05) is 13.1 Å². The largest absolute Gasteiger partial charge is 0.359 e. The van der Waals surface area contributed by atoms with Gasteiger partial charge in [-0.3, -0.25) is 15.2 Å². The van der Waals surface area contributed by atoms with Gasteiger partial charge in [0.25, 0.3) is 0 Å². The van der Waals surface area contributed by atoms with E-state index < -0.39 is 5.41 Å². The maximum atomic E-state index is 11.5. The lowest BCUT2D eigenvalue weighted by Gasteiger charge is -2.21. The molecule has 0 bridgehead atoms. The molecule has 0 aromatic heterocycles. The SMILES string of the molecule is CNC(=O)C(C)(C)CN=C(NN)NC(C)C. The number of carbonyl (C=O) groups excluding carboxylic acids is 1. The number of carbonyl (C=O) groups is 1. The van der Waals surface area contributed by atoms with Gasteiger partial charge in [-0.25, -0.2) is 5.84 Å². The standard InChI is InChI=1S/C10H23N5O/c1-7(2)14-9(15-11)13-6-10(3,4)8(16)12-5/h7H,6,11H2,1-5H3,(H,12,16)(H2,13,14,15). The minimum atomic E-state index is -0.546. The van der Waals surface area contributed by atoms with Crippen molar-refractivity contribution in [2.24, 2.45) is 16.3 Å². The smallest absolute Gasteiger partial charge is 0.227 e. The van der Waals surface area contributed by atoms with E-state index >= 15 is 0 Å². The molecule has 0 aliphatic rings. The molecule has 0 rings (SSSR count). The van der Waals surface area contributed by atoms with E-state index in [9.17, 15) is 4.79 Å². The van der Waals surface area contributed by atoms with Crippen LogP contribution in [0.1, 0.15) is 27.7 Å². The molecule has 0 saturated heterocycles. The first-order valence-corrected chi connectivity index (χ1v) is 5.33. The summed E-state index contributed by atoms with van der Waals surface area (Å²) in [5, 5.41) is 5.65. The van der Waals surface area contributed by atoms with E-state index in [1.54, 1.807) is 7.05 Å². The zero-order valence-electron chi connectivity index (χ0n) is 10.7. The van der Waals surface area contributed by atoms with Crippen LogP contribution < -0.4 is 21.9 Å². The van der Waals surface area contributed by atoms with Crippen molar-refractivity contribution in [1.82, 2.24) is 16.1 Å². The average molecular weight is 229 g/mol. The van der Waals surface area contributed by atoms with E-state index in [1.807, 2.05) is 27.7 Å². The fourth-order valence-electron chi connectivity index (χ4n) is 1.09. The molecule has 94 valence electrons. The molecule has 0 aliphatic carbocycles. The maximum Gasteiger partial charge on any atom is 0.227 e. The van der Waals surface area contributed by atoms with E-state index in [1.165, 1.54) is 0 Å². The average Bonchev–Trinajstić information content (AvgIpc) is 2.22. The van der Waals surface area contributed by atoms with E-state index in [2.05, 4.69) is 21.1 Å². The molecule has 16 heavy (non-hydrogen) atoms. The molecule has 5 N–H and O–H groups in total. The van der Waals surface area contributed by atoms with Gasteiger partial charge in [-0.15, -0.1) is 0 Å². The van der Waals surface area contributed by atoms with Crippen LogP contribution in [0.15, 0.2) is 4.99 Å². The van der Waals surface area contributed by atoms with Crippen LogP contribution >= 0.6 is 0 Å². The molecular weight excluding hydrogens is 206 g/mol. The predicted octanol–water partition coefficient (Wildman–Crippen LogP) is -0.424. The second-order valence-corrected chi connectivity index (χ2v) is 4.57. The van der Waals surface area contributed by atoms with Gasteiger partial charge < -0.3 is 10.6 Å². The van der Waals surface area contributed by atoms with E-state index in [-0.39, 0.29) is 11.9 Å². The van der Waals surface area contributed by atoms with Crippen molar-refractivity contribution < 1.29 is 4.79 Å². The van der Waals surface area contributed by atoms with Crippen molar-refractivity contribution in [3.05, 3.63) is 0 Å². The first-order chi connectivity index (χ1) is 7.33.